The van der Waals surface area contributed by atoms with Crippen molar-refractivity contribution in [3.63, 3.8) is 0 Å². The normalized spacial score (nSPS) is 10.7. The summed E-state index contributed by atoms with van der Waals surface area (Å²) in [5, 5.41) is 4.66. The summed E-state index contributed by atoms with van der Waals surface area (Å²) in [4.78, 5) is 0. The van der Waals surface area contributed by atoms with Crippen LogP contribution in [0.3, 0.4) is 0 Å². The number of benzene rings is 2. The summed E-state index contributed by atoms with van der Waals surface area (Å²) in [5.74, 6) is 1.19. The van der Waals surface area contributed by atoms with Gasteiger partial charge in [0, 0.05) is 11.6 Å². The highest BCUT2D eigenvalue weighted by Crippen LogP contribution is 2.37. The monoisotopic (exact) mass is 381 g/mol. The Hall–Kier alpha value is -1.42. The Morgan fingerprint density at radius 1 is 1.04 bits per heavy atom. The highest BCUT2D eigenvalue weighted by molar-refractivity contribution is 6.32. The molecule has 1 N–H and O–H groups in total. The quantitative estimate of drug-likeness (QED) is 0.522. The third-order valence-corrected chi connectivity index (χ3v) is 4.36. The summed E-state index contributed by atoms with van der Waals surface area (Å²) in [6, 6.07) is 11.4. The van der Waals surface area contributed by atoms with Crippen LogP contribution in [0.2, 0.25) is 10.0 Å². The van der Waals surface area contributed by atoms with Crippen LogP contribution in [0.5, 0.6) is 11.5 Å². The van der Waals surface area contributed by atoms with Gasteiger partial charge in [0.1, 0.15) is 6.61 Å². The molecule has 2 aromatic rings. The molecule has 5 heteroatoms. The van der Waals surface area contributed by atoms with Gasteiger partial charge in [-0.25, -0.2) is 0 Å². The van der Waals surface area contributed by atoms with E-state index >= 15 is 0 Å². The van der Waals surface area contributed by atoms with Gasteiger partial charge in [0.25, 0.3) is 0 Å². The van der Waals surface area contributed by atoms with Crippen molar-refractivity contribution in [1.82, 2.24) is 5.32 Å². The second-order valence-corrected chi connectivity index (χ2v) is 6.76. The number of hydrogen-bond acceptors (Lipinski definition) is 3. The fourth-order valence-corrected chi connectivity index (χ4v) is 3.03. The van der Waals surface area contributed by atoms with Crippen molar-refractivity contribution in [2.45, 2.75) is 39.3 Å². The molecule has 0 radical (unpaired) electrons. The van der Waals surface area contributed by atoms with Crippen LogP contribution in [0.4, 0.5) is 0 Å². The Morgan fingerprint density at radius 3 is 2.60 bits per heavy atom. The van der Waals surface area contributed by atoms with Crippen molar-refractivity contribution in [3.05, 3.63) is 57.6 Å². The number of halogens is 2. The molecule has 0 aliphatic heterocycles. The average molecular weight is 382 g/mol. The van der Waals surface area contributed by atoms with Gasteiger partial charge in [-0.3, -0.25) is 0 Å². The lowest BCUT2D eigenvalue weighted by atomic mass is 10.2. The zero-order valence-corrected chi connectivity index (χ0v) is 16.3. The molecular weight excluding hydrogens is 357 g/mol. The van der Waals surface area contributed by atoms with Crippen molar-refractivity contribution < 1.29 is 9.47 Å². The first-order valence-electron chi connectivity index (χ1n) is 8.58. The average Bonchev–Trinajstić information content (AvgIpc) is 2.60. The summed E-state index contributed by atoms with van der Waals surface area (Å²) in [7, 11) is 1.62. The minimum atomic E-state index is 0.380. The Kier molecular flexibility index (Phi) is 8.39. The maximum atomic E-state index is 6.41. The molecule has 136 valence electrons. The van der Waals surface area contributed by atoms with E-state index in [0.717, 1.165) is 24.2 Å². The largest absolute Gasteiger partial charge is 0.493 e. The molecule has 0 spiro atoms. The van der Waals surface area contributed by atoms with E-state index in [0.29, 0.717) is 28.2 Å². The molecular formula is C20H25Cl2NO2. The molecule has 0 saturated carbocycles. The first-order valence-corrected chi connectivity index (χ1v) is 9.34. The highest BCUT2D eigenvalue weighted by atomic mass is 35.5. The zero-order valence-electron chi connectivity index (χ0n) is 14.8. The smallest absolute Gasteiger partial charge is 0.180 e. The van der Waals surface area contributed by atoms with Gasteiger partial charge in [-0.05, 0) is 48.4 Å². The van der Waals surface area contributed by atoms with Crippen molar-refractivity contribution in [2.24, 2.45) is 0 Å². The third kappa shape index (κ3) is 6.43. The Labute approximate surface area is 160 Å². The Morgan fingerprint density at radius 2 is 1.88 bits per heavy atom. The number of ether oxygens (including phenoxy) is 2. The van der Waals surface area contributed by atoms with Gasteiger partial charge >= 0.3 is 0 Å². The van der Waals surface area contributed by atoms with Crippen molar-refractivity contribution in [3.8, 4) is 11.5 Å². The highest BCUT2D eigenvalue weighted by Gasteiger charge is 2.12. The van der Waals surface area contributed by atoms with Crippen LogP contribution < -0.4 is 14.8 Å². The van der Waals surface area contributed by atoms with E-state index in [4.69, 9.17) is 32.7 Å². The van der Waals surface area contributed by atoms with E-state index in [1.165, 1.54) is 19.3 Å². The summed E-state index contributed by atoms with van der Waals surface area (Å²) >= 11 is 12.4. The van der Waals surface area contributed by atoms with E-state index in [1.807, 2.05) is 36.4 Å². The van der Waals surface area contributed by atoms with E-state index in [-0.39, 0.29) is 0 Å². The lowest BCUT2D eigenvalue weighted by molar-refractivity contribution is 0.284. The number of nitrogens with one attached hydrogen (secondary N) is 1. The van der Waals surface area contributed by atoms with E-state index in [1.54, 1.807) is 7.11 Å². The van der Waals surface area contributed by atoms with E-state index in [2.05, 4.69) is 12.2 Å². The predicted octanol–water partition coefficient (Wildman–Crippen LogP) is 5.86. The second-order valence-electron chi connectivity index (χ2n) is 5.91. The summed E-state index contributed by atoms with van der Waals surface area (Å²) in [6.45, 7) is 4.34. The first kappa shape index (κ1) is 19.9. The first-order chi connectivity index (χ1) is 12.1. The fourth-order valence-electron chi connectivity index (χ4n) is 2.53. The standard InChI is InChI=1S/C20H25Cl2NO2/c1-3-4-5-9-23-13-16-11-18(22)20(19(12-16)24-2)25-14-15-7-6-8-17(21)10-15/h6-8,10-12,23H,3-5,9,13-14H2,1-2H3. The number of rotatable bonds is 10. The number of hydrogen-bond donors (Lipinski definition) is 1. The molecule has 0 aromatic heterocycles. The van der Waals surface area contributed by atoms with Crippen LogP contribution in [0, 0.1) is 0 Å². The Bertz CT molecular complexity index is 677. The zero-order chi connectivity index (χ0) is 18.1. The van der Waals surface area contributed by atoms with Gasteiger partial charge in [0.2, 0.25) is 0 Å². The van der Waals surface area contributed by atoms with Crippen LogP contribution in [0.1, 0.15) is 37.3 Å². The minimum absolute atomic E-state index is 0.380. The Balaban J connectivity index is 2.00. The predicted molar refractivity (Wildman–Crippen MR) is 105 cm³/mol. The van der Waals surface area contributed by atoms with Crippen LogP contribution in [-0.2, 0) is 13.2 Å². The van der Waals surface area contributed by atoms with Crippen molar-refractivity contribution >= 4 is 23.2 Å². The summed E-state index contributed by atoms with van der Waals surface area (Å²) in [5.41, 5.74) is 2.06. The minimum Gasteiger partial charge on any atom is -0.493 e. The van der Waals surface area contributed by atoms with Gasteiger partial charge < -0.3 is 14.8 Å². The van der Waals surface area contributed by atoms with Gasteiger partial charge in [-0.1, -0.05) is 55.1 Å². The molecule has 3 nitrogen and oxygen atoms in total. The lowest BCUT2D eigenvalue weighted by Gasteiger charge is -2.15. The van der Waals surface area contributed by atoms with Gasteiger partial charge in [-0.2, -0.15) is 0 Å². The maximum absolute atomic E-state index is 6.41. The number of methoxy groups -OCH3 is 1. The molecule has 0 aliphatic rings. The molecule has 0 aliphatic carbocycles. The van der Waals surface area contributed by atoms with Crippen LogP contribution >= 0.6 is 23.2 Å². The molecule has 0 saturated heterocycles. The third-order valence-electron chi connectivity index (χ3n) is 3.85. The molecule has 0 bridgehead atoms. The van der Waals surface area contributed by atoms with Gasteiger partial charge in [-0.15, -0.1) is 0 Å². The van der Waals surface area contributed by atoms with E-state index in [9.17, 15) is 0 Å². The van der Waals surface area contributed by atoms with Crippen molar-refractivity contribution in [2.75, 3.05) is 13.7 Å². The molecule has 2 aromatic carbocycles. The SMILES string of the molecule is CCCCCNCc1cc(Cl)c(OCc2cccc(Cl)c2)c(OC)c1. The maximum Gasteiger partial charge on any atom is 0.180 e. The molecule has 0 atom stereocenters. The molecule has 0 unspecified atom stereocenters. The van der Waals surface area contributed by atoms with Gasteiger partial charge in [0.15, 0.2) is 11.5 Å². The van der Waals surface area contributed by atoms with E-state index < -0.39 is 0 Å². The van der Waals surface area contributed by atoms with Crippen LogP contribution in [0.25, 0.3) is 0 Å². The van der Waals surface area contributed by atoms with Crippen molar-refractivity contribution in [1.29, 1.82) is 0 Å². The van der Waals surface area contributed by atoms with Crippen LogP contribution in [-0.4, -0.2) is 13.7 Å². The molecule has 2 rings (SSSR count). The molecule has 0 fully saturated rings. The molecule has 0 amide bonds. The number of unbranched alkanes of at least 4 members (excludes halogenated alkanes) is 2. The summed E-state index contributed by atoms with van der Waals surface area (Å²) in [6.07, 6.45) is 3.65. The molecule has 0 heterocycles. The topological polar surface area (TPSA) is 30.5 Å². The fraction of sp³-hybridized carbons (Fsp3) is 0.400. The second kappa shape index (κ2) is 10.5. The summed E-state index contributed by atoms with van der Waals surface area (Å²) < 4.78 is 11.3. The molecule has 25 heavy (non-hydrogen) atoms. The lowest BCUT2D eigenvalue weighted by Crippen LogP contribution is -2.14. The van der Waals surface area contributed by atoms with Gasteiger partial charge in [0.05, 0.1) is 12.1 Å². The van der Waals surface area contributed by atoms with Crippen LogP contribution in [0.15, 0.2) is 36.4 Å².